The standard InChI is InChI=1S/C12H17N3O3/c1-3-10(13)7-14-12(16)9-4-8(2)5-11(6-9)15(17)18/h4-6,10H,3,7,13H2,1-2H3,(H,14,16). The number of carbonyl (C=O) groups excluding carboxylic acids is 1. The molecule has 0 saturated carbocycles. The lowest BCUT2D eigenvalue weighted by atomic mass is 10.1. The third-order valence-corrected chi connectivity index (χ3v) is 2.58. The molecule has 0 saturated heterocycles. The highest BCUT2D eigenvalue weighted by Crippen LogP contribution is 2.16. The summed E-state index contributed by atoms with van der Waals surface area (Å²) in [7, 11) is 0. The summed E-state index contributed by atoms with van der Waals surface area (Å²) >= 11 is 0. The molecule has 1 aromatic carbocycles. The van der Waals surface area contributed by atoms with Crippen molar-refractivity contribution in [1.82, 2.24) is 5.32 Å². The second-order valence-electron chi connectivity index (χ2n) is 4.19. The van der Waals surface area contributed by atoms with Crippen LogP contribution in [0.4, 0.5) is 5.69 Å². The molecule has 0 aliphatic carbocycles. The van der Waals surface area contributed by atoms with Gasteiger partial charge in [-0.3, -0.25) is 14.9 Å². The third-order valence-electron chi connectivity index (χ3n) is 2.58. The van der Waals surface area contributed by atoms with Crippen LogP contribution in [0.25, 0.3) is 0 Å². The van der Waals surface area contributed by atoms with Crippen LogP contribution < -0.4 is 11.1 Å². The van der Waals surface area contributed by atoms with Gasteiger partial charge >= 0.3 is 0 Å². The van der Waals surface area contributed by atoms with Crippen molar-refractivity contribution in [3.8, 4) is 0 Å². The van der Waals surface area contributed by atoms with Gasteiger partial charge in [0.1, 0.15) is 0 Å². The molecule has 0 heterocycles. The second kappa shape index (κ2) is 6.11. The predicted octanol–water partition coefficient (Wildman–Crippen LogP) is 1.37. The van der Waals surface area contributed by atoms with Crippen molar-refractivity contribution < 1.29 is 9.72 Å². The van der Waals surface area contributed by atoms with Crippen LogP contribution in [0.15, 0.2) is 18.2 Å². The quantitative estimate of drug-likeness (QED) is 0.610. The molecule has 18 heavy (non-hydrogen) atoms. The van der Waals surface area contributed by atoms with Gasteiger partial charge in [0, 0.05) is 30.3 Å². The minimum Gasteiger partial charge on any atom is -0.350 e. The van der Waals surface area contributed by atoms with Crippen LogP contribution in [0, 0.1) is 17.0 Å². The molecular weight excluding hydrogens is 234 g/mol. The van der Waals surface area contributed by atoms with Crippen LogP contribution in [0.3, 0.4) is 0 Å². The second-order valence-corrected chi connectivity index (χ2v) is 4.19. The Balaban J connectivity index is 2.82. The first-order valence-corrected chi connectivity index (χ1v) is 5.74. The Morgan fingerprint density at radius 3 is 2.72 bits per heavy atom. The fourth-order valence-electron chi connectivity index (χ4n) is 1.47. The van der Waals surface area contributed by atoms with E-state index >= 15 is 0 Å². The number of non-ortho nitro benzene ring substituents is 1. The number of benzene rings is 1. The molecule has 1 unspecified atom stereocenters. The van der Waals surface area contributed by atoms with E-state index in [1.54, 1.807) is 13.0 Å². The SMILES string of the molecule is CCC(N)CNC(=O)c1cc(C)cc([N+](=O)[O-])c1. The Bertz CT molecular complexity index is 460. The number of nitro groups is 1. The summed E-state index contributed by atoms with van der Waals surface area (Å²) in [5.41, 5.74) is 6.56. The van der Waals surface area contributed by atoms with Gasteiger partial charge in [0.25, 0.3) is 11.6 Å². The Hall–Kier alpha value is -1.95. The molecule has 1 aromatic rings. The van der Waals surface area contributed by atoms with E-state index in [1.807, 2.05) is 6.92 Å². The molecule has 0 bridgehead atoms. The summed E-state index contributed by atoms with van der Waals surface area (Å²) in [6.45, 7) is 3.99. The van der Waals surface area contributed by atoms with Crippen LogP contribution in [-0.4, -0.2) is 23.4 Å². The average molecular weight is 251 g/mol. The zero-order chi connectivity index (χ0) is 13.7. The van der Waals surface area contributed by atoms with E-state index in [1.165, 1.54) is 12.1 Å². The Morgan fingerprint density at radius 2 is 2.17 bits per heavy atom. The number of hydrogen-bond donors (Lipinski definition) is 2. The van der Waals surface area contributed by atoms with Gasteiger partial charge < -0.3 is 11.1 Å². The van der Waals surface area contributed by atoms with E-state index in [0.717, 1.165) is 6.42 Å². The first-order valence-electron chi connectivity index (χ1n) is 5.74. The summed E-state index contributed by atoms with van der Waals surface area (Å²) in [6.07, 6.45) is 0.758. The Kier molecular flexibility index (Phi) is 4.79. The van der Waals surface area contributed by atoms with Crippen molar-refractivity contribution in [2.45, 2.75) is 26.3 Å². The Morgan fingerprint density at radius 1 is 1.50 bits per heavy atom. The molecule has 0 fully saturated rings. The van der Waals surface area contributed by atoms with Crippen LogP contribution in [-0.2, 0) is 0 Å². The molecule has 1 atom stereocenters. The molecule has 6 heteroatoms. The maximum atomic E-state index is 11.8. The van der Waals surface area contributed by atoms with Crippen molar-refractivity contribution in [1.29, 1.82) is 0 Å². The predicted molar refractivity (Wildman–Crippen MR) is 68.4 cm³/mol. The summed E-state index contributed by atoms with van der Waals surface area (Å²) in [5, 5.41) is 13.4. The highest BCUT2D eigenvalue weighted by atomic mass is 16.6. The Labute approximate surface area is 105 Å². The average Bonchev–Trinajstić information content (AvgIpc) is 2.34. The molecule has 6 nitrogen and oxygen atoms in total. The number of hydrogen-bond acceptors (Lipinski definition) is 4. The largest absolute Gasteiger partial charge is 0.350 e. The van der Waals surface area contributed by atoms with Crippen LogP contribution in [0.5, 0.6) is 0 Å². The smallest absolute Gasteiger partial charge is 0.270 e. The van der Waals surface area contributed by atoms with E-state index in [2.05, 4.69) is 5.32 Å². The monoisotopic (exact) mass is 251 g/mol. The van der Waals surface area contributed by atoms with E-state index < -0.39 is 4.92 Å². The number of nitrogens with zero attached hydrogens (tertiary/aromatic N) is 1. The van der Waals surface area contributed by atoms with Gasteiger partial charge in [-0.05, 0) is 25.0 Å². The fourth-order valence-corrected chi connectivity index (χ4v) is 1.47. The van der Waals surface area contributed by atoms with E-state index in [9.17, 15) is 14.9 Å². The van der Waals surface area contributed by atoms with Gasteiger partial charge in [0.15, 0.2) is 0 Å². The summed E-state index contributed by atoms with van der Waals surface area (Å²) in [4.78, 5) is 22.0. The van der Waals surface area contributed by atoms with Crippen molar-refractivity contribution in [3.05, 3.63) is 39.4 Å². The minimum absolute atomic E-state index is 0.0834. The molecule has 0 aliphatic rings. The van der Waals surface area contributed by atoms with Crippen molar-refractivity contribution in [2.24, 2.45) is 5.73 Å². The van der Waals surface area contributed by atoms with Gasteiger partial charge in [-0.2, -0.15) is 0 Å². The lowest BCUT2D eigenvalue weighted by Gasteiger charge is -2.10. The fraction of sp³-hybridized carbons (Fsp3) is 0.417. The zero-order valence-corrected chi connectivity index (χ0v) is 10.5. The number of carbonyl (C=O) groups is 1. The number of nitrogens with two attached hydrogens (primary N) is 1. The minimum atomic E-state index is -0.512. The van der Waals surface area contributed by atoms with Crippen LogP contribution >= 0.6 is 0 Å². The lowest BCUT2D eigenvalue weighted by molar-refractivity contribution is -0.384. The number of rotatable bonds is 5. The molecule has 1 amide bonds. The molecule has 98 valence electrons. The molecular formula is C12H17N3O3. The summed E-state index contributed by atoms with van der Waals surface area (Å²) in [6, 6.07) is 4.20. The highest BCUT2D eigenvalue weighted by molar-refractivity contribution is 5.95. The normalized spacial score (nSPS) is 11.9. The van der Waals surface area contributed by atoms with E-state index in [0.29, 0.717) is 12.1 Å². The third kappa shape index (κ3) is 3.81. The molecule has 0 spiro atoms. The van der Waals surface area contributed by atoms with Gasteiger partial charge in [0.2, 0.25) is 0 Å². The highest BCUT2D eigenvalue weighted by Gasteiger charge is 2.13. The summed E-state index contributed by atoms with van der Waals surface area (Å²) < 4.78 is 0. The molecule has 0 aliphatic heterocycles. The van der Waals surface area contributed by atoms with Gasteiger partial charge in [-0.25, -0.2) is 0 Å². The maximum absolute atomic E-state index is 11.8. The van der Waals surface area contributed by atoms with E-state index in [4.69, 9.17) is 5.73 Å². The van der Waals surface area contributed by atoms with Crippen molar-refractivity contribution >= 4 is 11.6 Å². The van der Waals surface area contributed by atoms with Gasteiger partial charge in [0.05, 0.1) is 4.92 Å². The van der Waals surface area contributed by atoms with Gasteiger partial charge in [-0.1, -0.05) is 6.92 Å². The topological polar surface area (TPSA) is 98.3 Å². The van der Waals surface area contributed by atoms with Crippen molar-refractivity contribution in [2.75, 3.05) is 6.54 Å². The van der Waals surface area contributed by atoms with Gasteiger partial charge in [-0.15, -0.1) is 0 Å². The summed E-state index contributed by atoms with van der Waals surface area (Å²) in [5.74, 6) is -0.342. The van der Waals surface area contributed by atoms with Crippen LogP contribution in [0.2, 0.25) is 0 Å². The molecule has 0 aromatic heterocycles. The molecule has 0 radical (unpaired) electrons. The number of nitro benzene ring substituents is 1. The lowest BCUT2D eigenvalue weighted by Crippen LogP contribution is -2.36. The molecule has 3 N–H and O–H groups in total. The van der Waals surface area contributed by atoms with Crippen molar-refractivity contribution in [3.63, 3.8) is 0 Å². The first kappa shape index (κ1) is 14.1. The van der Waals surface area contributed by atoms with Crippen LogP contribution in [0.1, 0.15) is 29.3 Å². The maximum Gasteiger partial charge on any atom is 0.270 e. The number of aryl methyl sites for hydroxylation is 1. The zero-order valence-electron chi connectivity index (χ0n) is 10.5. The van der Waals surface area contributed by atoms with E-state index in [-0.39, 0.29) is 23.2 Å². The first-order chi connectivity index (χ1) is 8.43. The number of amides is 1. The number of nitrogens with one attached hydrogen (secondary N) is 1. The molecule has 1 rings (SSSR count).